The standard InChI is InChI=1S/C8H11BrO4P/c1-5-7(10)12-14(11-5)4-6(9)8(2,3)13-14/h4-5H,1-3H3/q+1. The van der Waals surface area contributed by atoms with Gasteiger partial charge in [-0.1, -0.05) is 0 Å². The zero-order chi connectivity index (χ0) is 10.6. The maximum absolute atomic E-state index is 11.2. The Morgan fingerprint density at radius 1 is 1.57 bits per heavy atom. The van der Waals surface area contributed by atoms with Gasteiger partial charge in [-0.3, -0.25) is 0 Å². The maximum Gasteiger partial charge on any atom is 0.492 e. The third-order valence-corrected chi connectivity index (χ3v) is 5.92. The van der Waals surface area contributed by atoms with Crippen molar-refractivity contribution >= 4 is 29.8 Å². The number of hydrogen-bond acceptors (Lipinski definition) is 4. The Balaban J connectivity index is 2.28. The van der Waals surface area contributed by atoms with Crippen molar-refractivity contribution in [1.29, 1.82) is 0 Å². The van der Waals surface area contributed by atoms with Crippen LogP contribution in [-0.2, 0) is 18.4 Å². The van der Waals surface area contributed by atoms with Crippen molar-refractivity contribution in [3.63, 3.8) is 0 Å². The third-order valence-electron chi connectivity index (χ3n) is 2.06. The average molecular weight is 282 g/mol. The van der Waals surface area contributed by atoms with Crippen LogP contribution in [0.2, 0.25) is 0 Å². The molecular weight excluding hydrogens is 271 g/mol. The van der Waals surface area contributed by atoms with Gasteiger partial charge in [0.05, 0.1) is 4.48 Å². The quantitative estimate of drug-likeness (QED) is 0.641. The van der Waals surface area contributed by atoms with Gasteiger partial charge in [-0.25, -0.2) is 9.32 Å². The summed E-state index contributed by atoms with van der Waals surface area (Å²) in [7, 11) is -2.55. The fourth-order valence-corrected chi connectivity index (χ4v) is 4.76. The zero-order valence-corrected chi connectivity index (χ0v) is 10.6. The predicted octanol–water partition coefficient (Wildman–Crippen LogP) is 2.76. The van der Waals surface area contributed by atoms with Gasteiger partial charge < -0.3 is 0 Å². The summed E-state index contributed by atoms with van der Waals surface area (Å²) in [6, 6.07) is 0. The van der Waals surface area contributed by atoms with Crippen LogP contribution in [-0.4, -0.2) is 17.7 Å². The molecule has 0 aromatic carbocycles. The van der Waals surface area contributed by atoms with E-state index < -0.39 is 19.6 Å². The normalized spacial score (nSPS) is 40.1. The lowest BCUT2D eigenvalue weighted by Gasteiger charge is -2.15. The first kappa shape index (κ1) is 10.6. The molecule has 1 spiro atoms. The lowest BCUT2D eigenvalue weighted by Crippen LogP contribution is -2.19. The van der Waals surface area contributed by atoms with Gasteiger partial charge in [0.25, 0.3) is 0 Å². The SMILES string of the molecule is CC1O[P+]2(C=C(Br)C(C)(C)O2)OC1=O. The van der Waals surface area contributed by atoms with Gasteiger partial charge in [-0.05, 0) is 36.7 Å². The van der Waals surface area contributed by atoms with Gasteiger partial charge >= 0.3 is 13.9 Å². The van der Waals surface area contributed by atoms with E-state index in [1.54, 1.807) is 12.7 Å². The van der Waals surface area contributed by atoms with Crippen LogP contribution in [0.1, 0.15) is 20.8 Å². The van der Waals surface area contributed by atoms with Crippen molar-refractivity contribution < 1.29 is 18.4 Å². The molecule has 0 amide bonds. The van der Waals surface area contributed by atoms with Gasteiger partial charge in [0.1, 0.15) is 5.60 Å². The topological polar surface area (TPSA) is 44.8 Å². The van der Waals surface area contributed by atoms with E-state index in [1.165, 1.54) is 0 Å². The van der Waals surface area contributed by atoms with Crippen LogP contribution in [0, 0.1) is 0 Å². The molecule has 1 fully saturated rings. The first-order valence-electron chi connectivity index (χ1n) is 4.25. The lowest BCUT2D eigenvalue weighted by molar-refractivity contribution is -0.135. The van der Waals surface area contributed by atoms with E-state index in [0.29, 0.717) is 0 Å². The van der Waals surface area contributed by atoms with Crippen LogP contribution in [0.5, 0.6) is 0 Å². The highest BCUT2D eigenvalue weighted by molar-refractivity contribution is 9.11. The summed E-state index contributed by atoms with van der Waals surface area (Å²) < 4.78 is 17.1. The molecule has 2 atom stereocenters. The molecular formula is C8H11BrO4P+. The molecule has 0 aromatic rings. The molecule has 2 unspecified atom stereocenters. The molecule has 2 aliphatic heterocycles. The van der Waals surface area contributed by atoms with Crippen molar-refractivity contribution in [2.75, 3.05) is 0 Å². The number of halogens is 1. The first-order chi connectivity index (χ1) is 6.35. The number of hydrogen-bond donors (Lipinski definition) is 0. The molecule has 0 radical (unpaired) electrons. The summed E-state index contributed by atoms with van der Waals surface area (Å²) in [6.45, 7) is 5.44. The summed E-state index contributed by atoms with van der Waals surface area (Å²) in [5.41, 5.74) is -0.474. The van der Waals surface area contributed by atoms with Crippen LogP contribution in [0.3, 0.4) is 0 Å². The second-order valence-electron chi connectivity index (χ2n) is 3.78. The largest absolute Gasteiger partial charge is 0.492 e. The van der Waals surface area contributed by atoms with Gasteiger partial charge in [0.2, 0.25) is 6.10 Å². The highest BCUT2D eigenvalue weighted by atomic mass is 79.9. The minimum Gasteiger partial charge on any atom is -0.244 e. The highest BCUT2D eigenvalue weighted by Crippen LogP contribution is 2.75. The van der Waals surface area contributed by atoms with E-state index in [1.807, 2.05) is 13.8 Å². The lowest BCUT2D eigenvalue weighted by atomic mass is 10.1. The van der Waals surface area contributed by atoms with E-state index in [-0.39, 0.29) is 5.97 Å². The van der Waals surface area contributed by atoms with E-state index in [4.69, 9.17) is 13.6 Å². The average Bonchev–Trinajstić information content (AvgIpc) is 2.35. The number of carbonyl (C=O) groups is 1. The summed E-state index contributed by atoms with van der Waals surface area (Å²) in [4.78, 5) is 11.2. The Morgan fingerprint density at radius 2 is 2.21 bits per heavy atom. The number of carbonyl (C=O) groups excluding carboxylic acids is 1. The second kappa shape index (κ2) is 3.01. The smallest absolute Gasteiger partial charge is 0.244 e. The summed E-state index contributed by atoms with van der Waals surface area (Å²) in [5, 5.41) is 0. The Morgan fingerprint density at radius 3 is 2.57 bits per heavy atom. The highest BCUT2D eigenvalue weighted by Gasteiger charge is 2.65. The van der Waals surface area contributed by atoms with Crippen molar-refractivity contribution in [2.24, 2.45) is 0 Å². The van der Waals surface area contributed by atoms with Crippen LogP contribution < -0.4 is 0 Å². The molecule has 0 aromatic heterocycles. The van der Waals surface area contributed by atoms with Crippen molar-refractivity contribution in [1.82, 2.24) is 0 Å². The van der Waals surface area contributed by atoms with Crippen molar-refractivity contribution in [3.8, 4) is 0 Å². The third kappa shape index (κ3) is 1.52. The molecule has 0 N–H and O–H groups in total. The molecule has 6 heteroatoms. The van der Waals surface area contributed by atoms with Gasteiger partial charge in [-0.2, -0.15) is 9.05 Å². The van der Waals surface area contributed by atoms with E-state index >= 15 is 0 Å². The van der Waals surface area contributed by atoms with Gasteiger partial charge in [0.15, 0.2) is 5.82 Å². The van der Waals surface area contributed by atoms with Crippen LogP contribution in [0.15, 0.2) is 10.3 Å². The molecule has 78 valence electrons. The van der Waals surface area contributed by atoms with Crippen LogP contribution in [0.4, 0.5) is 0 Å². The van der Waals surface area contributed by atoms with Crippen molar-refractivity contribution in [3.05, 3.63) is 10.3 Å². The Kier molecular flexibility index (Phi) is 2.27. The summed E-state index contributed by atoms with van der Waals surface area (Å²) in [6.07, 6.45) is -0.534. The fraction of sp³-hybridized carbons (Fsp3) is 0.625. The predicted molar refractivity (Wildman–Crippen MR) is 55.7 cm³/mol. The molecule has 0 bridgehead atoms. The molecule has 2 rings (SSSR count). The first-order valence-corrected chi connectivity index (χ1v) is 6.65. The maximum atomic E-state index is 11.2. The molecule has 2 aliphatic rings. The van der Waals surface area contributed by atoms with Gasteiger partial charge in [-0.15, -0.1) is 0 Å². The Labute approximate surface area is 91.3 Å². The molecule has 4 nitrogen and oxygen atoms in total. The molecule has 1 saturated heterocycles. The summed E-state index contributed by atoms with van der Waals surface area (Å²) >= 11 is 3.38. The number of rotatable bonds is 0. The minimum atomic E-state index is -2.55. The van der Waals surface area contributed by atoms with Crippen LogP contribution in [0.25, 0.3) is 0 Å². The monoisotopic (exact) mass is 281 g/mol. The molecule has 2 heterocycles. The molecule has 14 heavy (non-hydrogen) atoms. The Hall–Kier alpha value is 0.0400. The zero-order valence-electron chi connectivity index (χ0n) is 8.11. The molecule has 0 aliphatic carbocycles. The fourth-order valence-electron chi connectivity index (χ4n) is 1.26. The molecule has 0 saturated carbocycles. The summed E-state index contributed by atoms with van der Waals surface area (Å²) in [5.74, 6) is 1.39. The van der Waals surface area contributed by atoms with Crippen molar-refractivity contribution in [2.45, 2.75) is 32.5 Å². The van der Waals surface area contributed by atoms with E-state index in [9.17, 15) is 4.79 Å². The van der Waals surface area contributed by atoms with E-state index in [2.05, 4.69) is 15.9 Å². The second-order valence-corrected chi connectivity index (χ2v) is 6.54. The van der Waals surface area contributed by atoms with Gasteiger partial charge in [0, 0.05) is 0 Å². The van der Waals surface area contributed by atoms with E-state index in [0.717, 1.165) is 4.48 Å². The minimum absolute atomic E-state index is 0.354. The Bertz CT molecular complexity index is 327. The van der Waals surface area contributed by atoms with Crippen LogP contribution >= 0.6 is 23.9 Å².